The van der Waals surface area contributed by atoms with Crippen LogP contribution in [0.2, 0.25) is 5.02 Å². The van der Waals surface area contributed by atoms with Crippen molar-refractivity contribution in [2.24, 2.45) is 5.73 Å². The lowest BCUT2D eigenvalue weighted by molar-refractivity contribution is 0.256. The summed E-state index contributed by atoms with van der Waals surface area (Å²) < 4.78 is 30.5. The quantitative estimate of drug-likeness (QED) is 0.867. The van der Waals surface area contributed by atoms with Gasteiger partial charge in [-0.25, -0.2) is 13.2 Å². The SMILES string of the molecule is COc1nc(C)nc(N(C(N)=O)S(=O)(=O)c2ccccc2Cl)n1. The highest BCUT2D eigenvalue weighted by atomic mass is 35.5. The van der Waals surface area contributed by atoms with Crippen molar-refractivity contribution >= 4 is 33.6 Å². The Kier molecular flexibility index (Phi) is 4.66. The number of carbonyl (C=O) groups excluding carboxylic acids is 1. The van der Waals surface area contributed by atoms with Crippen molar-refractivity contribution in [1.82, 2.24) is 15.0 Å². The van der Waals surface area contributed by atoms with E-state index < -0.39 is 22.0 Å². The van der Waals surface area contributed by atoms with E-state index in [1.54, 1.807) is 6.07 Å². The van der Waals surface area contributed by atoms with Crippen molar-refractivity contribution in [2.45, 2.75) is 11.8 Å². The number of nitrogens with two attached hydrogens (primary N) is 1. The minimum atomic E-state index is -4.41. The van der Waals surface area contributed by atoms with Crippen molar-refractivity contribution in [1.29, 1.82) is 0 Å². The predicted molar refractivity (Wildman–Crippen MR) is 81.8 cm³/mol. The highest BCUT2D eigenvalue weighted by Gasteiger charge is 2.34. The Bertz CT molecular complexity index is 858. The van der Waals surface area contributed by atoms with E-state index in [2.05, 4.69) is 15.0 Å². The average Bonchev–Trinajstić information content (AvgIpc) is 2.46. The molecule has 0 unspecified atom stereocenters. The summed E-state index contributed by atoms with van der Waals surface area (Å²) in [5.74, 6) is -0.339. The van der Waals surface area contributed by atoms with E-state index in [1.807, 2.05) is 0 Å². The number of urea groups is 1. The van der Waals surface area contributed by atoms with Crippen molar-refractivity contribution in [3.63, 3.8) is 0 Å². The molecule has 2 N–H and O–H groups in total. The van der Waals surface area contributed by atoms with Gasteiger partial charge in [0, 0.05) is 0 Å². The lowest BCUT2D eigenvalue weighted by atomic mass is 10.4. The van der Waals surface area contributed by atoms with Gasteiger partial charge in [0.05, 0.1) is 12.1 Å². The van der Waals surface area contributed by atoms with Gasteiger partial charge < -0.3 is 10.5 Å². The molecule has 1 aromatic carbocycles. The highest BCUT2D eigenvalue weighted by molar-refractivity contribution is 7.93. The number of ether oxygens (including phenoxy) is 1. The first-order chi connectivity index (χ1) is 10.8. The van der Waals surface area contributed by atoms with Gasteiger partial charge in [0.2, 0.25) is 0 Å². The van der Waals surface area contributed by atoms with E-state index in [1.165, 1.54) is 32.2 Å². The Morgan fingerprint density at radius 1 is 1.26 bits per heavy atom. The summed E-state index contributed by atoms with van der Waals surface area (Å²) in [7, 11) is -3.12. The molecule has 0 aliphatic carbocycles. The molecule has 11 heteroatoms. The molecule has 2 aromatic rings. The second-order valence-corrected chi connectivity index (χ2v) is 6.37. The average molecular weight is 358 g/mol. The zero-order chi connectivity index (χ0) is 17.2. The van der Waals surface area contributed by atoms with Gasteiger partial charge in [0.1, 0.15) is 10.7 Å². The van der Waals surface area contributed by atoms with E-state index in [9.17, 15) is 13.2 Å². The number of benzene rings is 1. The number of methoxy groups -OCH3 is 1. The van der Waals surface area contributed by atoms with Crippen LogP contribution in [0.25, 0.3) is 0 Å². The minimum Gasteiger partial charge on any atom is -0.467 e. The highest BCUT2D eigenvalue weighted by Crippen LogP contribution is 2.27. The molecule has 1 heterocycles. The van der Waals surface area contributed by atoms with Crippen LogP contribution in [0.1, 0.15) is 5.82 Å². The molecule has 2 amide bonds. The molecule has 0 spiro atoms. The summed E-state index contributed by atoms with van der Waals surface area (Å²) in [6.45, 7) is 1.48. The Morgan fingerprint density at radius 3 is 2.48 bits per heavy atom. The van der Waals surface area contributed by atoms with Crippen LogP contribution in [0.3, 0.4) is 0 Å². The number of halogens is 1. The number of rotatable bonds is 4. The van der Waals surface area contributed by atoms with Gasteiger partial charge in [-0.1, -0.05) is 23.7 Å². The second-order valence-electron chi connectivity index (χ2n) is 4.21. The van der Waals surface area contributed by atoms with E-state index in [0.29, 0.717) is 0 Å². The third kappa shape index (κ3) is 3.32. The smallest absolute Gasteiger partial charge is 0.336 e. The fourth-order valence-electron chi connectivity index (χ4n) is 1.70. The number of sulfonamides is 1. The number of hydrogen-bond donors (Lipinski definition) is 1. The number of amides is 2. The number of primary amides is 1. The van der Waals surface area contributed by atoms with Crippen LogP contribution in [0.4, 0.5) is 10.7 Å². The summed E-state index contributed by atoms with van der Waals surface area (Å²) in [5, 5.41) is -0.0727. The third-order valence-corrected chi connectivity index (χ3v) is 4.81. The first-order valence-corrected chi connectivity index (χ1v) is 7.95. The predicted octanol–water partition coefficient (Wildman–Crippen LogP) is 1.12. The molecular formula is C12H12ClN5O4S. The number of nitrogens with zero attached hydrogens (tertiary/aromatic N) is 4. The van der Waals surface area contributed by atoms with E-state index >= 15 is 0 Å². The van der Waals surface area contributed by atoms with Gasteiger partial charge in [-0.15, -0.1) is 4.31 Å². The summed E-state index contributed by atoms with van der Waals surface area (Å²) in [6.07, 6.45) is 0. The number of anilines is 1. The Morgan fingerprint density at radius 2 is 1.91 bits per heavy atom. The molecule has 1 aromatic heterocycles. The zero-order valence-corrected chi connectivity index (χ0v) is 13.7. The van der Waals surface area contributed by atoms with Gasteiger partial charge in [-0.2, -0.15) is 15.0 Å². The molecule has 0 saturated heterocycles. The molecule has 0 radical (unpaired) electrons. The molecule has 0 fully saturated rings. The molecule has 2 rings (SSSR count). The van der Waals surface area contributed by atoms with Crippen LogP contribution in [0, 0.1) is 6.92 Å². The summed E-state index contributed by atoms with van der Waals surface area (Å²) in [5.41, 5.74) is 5.21. The Balaban J connectivity index is 2.66. The molecule has 9 nitrogen and oxygen atoms in total. The van der Waals surface area contributed by atoms with Gasteiger partial charge in [0.25, 0.3) is 16.0 Å². The maximum absolute atomic E-state index is 12.7. The molecule has 0 bridgehead atoms. The number of aryl methyl sites for hydroxylation is 1. The first kappa shape index (κ1) is 16.9. The lowest BCUT2D eigenvalue weighted by Crippen LogP contribution is -2.42. The molecule has 0 aliphatic heterocycles. The maximum Gasteiger partial charge on any atom is 0.336 e. The van der Waals surface area contributed by atoms with Crippen molar-refractivity contribution < 1.29 is 17.9 Å². The van der Waals surface area contributed by atoms with Gasteiger partial charge in [-0.05, 0) is 19.1 Å². The third-order valence-electron chi connectivity index (χ3n) is 2.63. The zero-order valence-electron chi connectivity index (χ0n) is 12.1. The topological polar surface area (TPSA) is 128 Å². The normalized spacial score (nSPS) is 11.1. The standard InChI is InChI=1S/C12H12ClN5O4S/c1-7-15-11(17-12(16-7)22-2)18(10(14)19)23(20,21)9-6-4-3-5-8(9)13/h3-6H,1-2H3,(H2,14,19). The monoisotopic (exact) mass is 357 g/mol. The fraction of sp³-hybridized carbons (Fsp3) is 0.167. The molecule has 122 valence electrons. The van der Waals surface area contributed by atoms with E-state index in [0.717, 1.165) is 0 Å². The minimum absolute atomic E-state index is 0.0727. The van der Waals surface area contributed by atoms with E-state index in [-0.39, 0.29) is 26.1 Å². The van der Waals surface area contributed by atoms with Crippen LogP contribution >= 0.6 is 11.6 Å². The summed E-state index contributed by atoms with van der Waals surface area (Å²) in [4.78, 5) is 22.8. The molecular weight excluding hydrogens is 346 g/mol. The van der Waals surface area contributed by atoms with Crippen LogP contribution < -0.4 is 14.8 Å². The van der Waals surface area contributed by atoms with Crippen molar-refractivity contribution in [3.05, 3.63) is 35.1 Å². The molecule has 23 heavy (non-hydrogen) atoms. The Hall–Kier alpha value is -2.46. The van der Waals surface area contributed by atoms with E-state index in [4.69, 9.17) is 22.1 Å². The summed E-state index contributed by atoms with van der Waals surface area (Å²) >= 11 is 5.90. The fourth-order valence-corrected chi connectivity index (χ4v) is 3.43. The first-order valence-electron chi connectivity index (χ1n) is 6.13. The Labute approximate surface area is 137 Å². The van der Waals surface area contributed by atoms with Gasteiger partial charge in [-0.3, -0.25) is 0 Å². The van der Waals surface area contributed by atoms with Crippen molar-refractivity contribution in [2.75, 3.05) is 11.4 Å². The number of carbonyl (C=O) groups is 1. The van der Waals surface area contributed by atoms with Gasteiger partial charge in [0.15, 0.2) is 0 Å². The largest absolute Gasteiger partial charge is 0.467 e. The molecule has 0 atom stereocenters. The summed E-state index contributed by atoms with van der Waals surface area (Å²) in [6, 6.07) is 4.15. The van der Waals surface area contributed by atoms with Crippen LogP contribution in [0.5, 0.6) is 6.01 Å². The second kappa shape index (κ2) is 6.34. The van der Waals surface area contributed by atoms with Crippen LogP contribution in [-0.4, -0.2) is 36.5 Å². The van der Waals surface area contributed by atoms with Crippen LogP contribution in [0.15, 0.2) is 29.2 Å². The maximum atomic E-state index is 12.7. The van der Waals surface area contributed by atoms with Crippen molar-refractivity contribution in [3.8, 4) is 6.01 Å². The lowest BCUT2D eigenvalue weighted by Gasteiger charge is -2.19. The number of hydrogen-bond acceptors (Lipinski definition) is 7. The van der Waals surface area contributed by atoms with Gasteiger partial charge >= 0.3 is 12.0 Å². The molecule has 0 aliphatic rings. The number of aromatic nitrogens is 3. The molecule has 0 saturated carbocycles. The van der Waals surface area contributed by atoms with Crippen LogP contribution in [-0.2, 0) is 10.0 Å².